The lowest BCUT2D eigenvalue weighted by atomic mass is 9.85. The van der Waals surface area contributed by atoms with Crippen LogP contribution in [0.15, 0.2) is 6.20 Å². The third kappa shape index (κ3) is 3.15. The molecule has 0 radical (unpaired) electrons. The first-order valence-electron chi connectivity index (χ1n) is 7.23. The van der Waals surface area contributed by atoms with E-state index in [4.69, 9.17) is 0 Å². The van der Waals surface area contributed by atoms with Crippen molar-refractivity contribution in [1.29, 1.82) is 0 Å². The van der Waals surface area contributed by atoms with Crippen LogP contribution in [-0.2, 0) is 5.60 Å². The Hall–Kier alpha value is -0.940. The number of nitrogens with zero attached hydrogens (tertiary/aromatic N) is 3. The van der Waals surface area contributed by atoms with Crippen LogP contribution in [0.2, 0.25) is 0 Å². The standard InChI is InChI=1S/C14H26N4O/c1-10(2)12(11(3)4)8-18-6-5-14(19,9-18)13-7-15-17-16-13/h7,10-12,19H,5-6,8-9H2,1-4H3,(H,15,16,17)/t14-/m0/s1. The van der Waals surface area contributed by atoms with Crippen molar-refractivity contribution in [2.24, 2.45) is 17.8 Å². The summed E-state index contributed by atoms with van der Waals surface area (Å²) in [5.74, 6) is 2.00. The normalized spacial score (nSPS) is 25.1. The van der Waals surface area contributed by atoms with E-state index in [1.807, 2.05) is 0 Å². The van der Waals surface area contributed by atoms with Crippen LogP contribution in [0.1, 0.15) is 39.8 Å². The molecule has 0 aromatic carbocycles. The molecule has 0 unspecified atom stereocenters. The Labute approximate surface area is 115 Å². The van der Waals surface area contributed by atoms with E-state index in [0.29, 0.717) is 30.0 Å². The monoisotopic (exact) mass is 266 g/mol. The zero-order valence-electron chi connectivity index (χ0n) is 12.4. The van der Waals surface area contributed by atoms with Gasteiger partial charge in [0, 0.05) is 19.6 Å². The quantitative estimate of drug-likeness (QED) is 0.850. The highest BCUT2D eigenvalue weighted by molar-refractivity contribution is 5.10. The van der Waals surface area contributed by atoms with E-state index in [9.17, 15) is 5.11 Å². The number of aromatic nitrogens is 3. The minimum Gasteiger partial charge on any atom is -0.382 e. The number of aliphatic hydroxyl groups is 1. The van der Waals surface area contributed by atoms with Crippen molar-refractivity contribution in [2.75, 3.05) is 19.6 Å². The molecule has 19 heavy (non-hydrogen) atoms. The van der Waals surface area contributed by atoms with Gasteiger partial charge >= 0.3 is 0 Å². The zero-order valence-corrected chi connectivity index (χ0v) is 12.4. The van der Waals surface area contributed by atoms with Gasteiger partial charge in [-0.3, -0.25) is 4.90 Å². The fourth-order valence-electron chi connectivity index (χ4n) is 3.15. The van der Waals surface area contributed by atoms with Crippen molar-refractivity contribution in [3.8, 4) is 0 Å². The summed E-state index contributed by atoms with van der Waals surface area (Å²) in [4.78, 5) is 2.36. The van der Waals surface area contributed by atoms with Crippen LogP contribution >= 0.6 is 0 Å². The highest BCUT2D eigenvalue weighted by Crippen LogP contribution is 2.32. The number of likely N-dealkylation sites (tertiary alicyclic amines) is 1. The van der Waals surface area contributed by atoms with Crippen molar-refractivity contribution in [3.63, 3.8) is 0 Å². The van der Waals surface area contributed by atoms with Gasteiger partial charge in [-0.2, -0.15) is 15.4 Å². The Morgan fingerprint density at radius 1 is 1.37 bits per heavy atom. The second-order valence-corrected chi connectivity index (χ2v) is 6.52. The zero-order chi connectivity index (χ0) is 14.0. The van der Waals surface area contributed by atoms with Crippen molar-refractivity contribution in [1.82, 2.24) is 20.3 Å². The maximum atomic E-state index is 10.6. The predicted molar refractivity (Wildman–Crippen MR) is 74.5 cm³/mol. The molecule has 108 valence electrons. The molecule has 1 aromatic rings. The molecule has 1 aliphatic rings. The molecule has 1 atom stereocenters. The average Bonchev–Trinajstić information content (AvgIpc) is 2.95. The molecule has 0 bridgehead atoms. The first kappa shape index (κ1) is 14.5. The highest BCUT2D eigenvalue weighted by Gasteiger charge is 2.40. The van der Waals surface area contributed by atoms with Gasteiger partial charge in [-0.05, 0) is 24.2 Å². The maximum absolute atomic E-state index is 10.6. The van der Waals surface area contributed by atoms with Crippen LogP contribution in [0.25, 0.3) is 0 Å². The number of nitrogens with one attached hydrogen (secondary N) is 1. The molecule has 1 aliphatic heterocycles. The van der Waals surface area contributed by atoms with Crippen LogP contribution in [0.4, 0.5) is 0 Å². The number of β-amino-alcohol motifs (C(OH)–C–C–N with tert-alkyl or cyclic N) is 1. The van der Waals surface area contributed by atoms with E-state index in [1.54, 1.807) is 6.20 Å². The average molecular weight is 266 g/mol. The van der Waals surface area contributed by atoms with Gasteiger partial charge < -0.3 is 5.11 Å². The minimum atomic E-state index is -0.828. The van der Waals surface area contributed by atoms with Crippen LogP contribution in [0, 0.1) is 17.8 Å². The van der Waals surface area contributed by atoms with Crippen molar-refractivity contribution >= 4 is 0 Å². The van der Waals surface area contributed by atoms with E-state index in [0.717, 1.165) is 19.5 Å². The second kappa shape index (κ2) is 5.59. The lowest BCUT2D eigenvalue weighted by Gasteiger charge is -2.30. The second-order valence-electron chi connectivity index (χ2n) is 6.52. The molecule has 1 saturated heterocycles. The summed E-state index contributed by atoms with van der Waals surface area (Å²) in [6.07, 6.45) is 2.37. The van der Waals surface area contributed by atoms with Crippen LogP contribution in [0.3, 0.4) is 0 Å². The molecule has 2 rings (SSSR count). The van der Waals surface area contributed by atoms with Gasteiger partial charge in [0.25, 0.3) is 0 Å². The minimum absolute atomic E-state index is 0.662. The molecule has 0 amide bonds. The summed E-state index contributed by atoms with van der Waals surface area (Å²) in [6.45, 7) is 11.8. The molecule has 0 spiro atoms. The Morgan fingerprint density at radius 3 is 2.58 bits per heavy atom. The van der Waals surface area contributed by atoms with Crippen LogP contribution in [0.5, 0.6) is 0 Å². The molecule has 2 heterocycles. The molecule has 0 saturated carbocycles. The highest BCUT2D eigenvalue weighted by atomic mass is 16.3. The number of hydrogen-bond acceptors (Lipinski definition) is 4. The van der Waals surface area contributed by atoms with E-state index in [1.165, 1.54) is 0 Å². The predicted octanol–water partition coefficient (Wildman–Crippen LogP) is 1.63. The summed E-state index contributed by atoms with van der Waals surface area (Å²) >= 11 is 0. The van der Waals surface area contributed by atoms with Crippen molar-refractivity contribution in [3.05, 3.63) is 11.9 Å². The third-order valence-corrected chi connectivity index (χ3v) is 4.40. The molecular weight excluding hydrogens is 240 g/mol. The van der Waals surface area contributed by atoms with E-state index < -0.39 is 5.60 Å². The molecule has 1 aromatic heterocycles. The van der Waals surface area contributed by atoms with Crippen LogP contribution < -0.4 is 0 Å². The van der Waals surface area contributed by atoms with Crippen molar-refractivity contribution in [2.45, 2.75) is 39.7 Å². The lowest BCUT2D eigenvalue weighted by Crippen LogP contribution is -2.36. The van der Waals surface area contributed by atoms with Crippen LogP contribution in [-0.4, -0.2) is 45.1 Å². The van der Waals surface area contributed by atoms with Gasteiger partial charge in [-0.25, -0.2) is 0 Å². The smallest absolute Gasteiger partial charge is 0.124 e. The number of aromatic amines is 1. The molecule has 2 N–H and O–H groups in total. The van der Waals surface area contributed by atoms with E-state index >= 15 is 0 Å². The summed E-state index contributed by atoms with van der Waals surface area (Å²) in [5.41, 5.74) is -0.161. The molecular formula is C14H26N4O. The number of rotatable bonds is 5. The molecule has 0 aliphatic carbocycles. The third-order valence-electron chi connectivity index (χ3n) is 4.40. The van der Waals surface area contributed by atoms with E-state index in [2.05, 4.69) is 48.0 Å². The number of hydrogen-bond donors (Lipinski definition) is 2. The first-order valence-corrected chi connectivity index (χ1v) is 7.23. The summed E-state index contributed by atoms with van der Waals surface area (Å²) in [7, 11) is 0. The van der Waals surface area contributed by atoms with Gasteiger partial charge in [0.05, 0.1) is 6.20 Å². The largest absolute Gasteiger partial charge is 0.382 e. The Bertz CT molecular complexity index is 382. The topological polar surface area (TPSA) is 65.0 Å². The number of H-pyrrole nitrogens is 1. The Kier molecular flexibility index (Phi) is 4.26. The first-order chi connectivity index (χ1) is 8.92. The summed E-state index contributed by atoms with van der Waals surface area (Å²) in [5, 5.41) is 21.1. The SMILES string of the molecule is CC(C)C(CN1CC[C@@](O)(c2cn[nH]n2)C1)C(C)C. The van der Waals surface area contributed by atoms with Gasteiger partial charge in [-0.15, -0.1) is 0 Å². The maximum Gasteiger partial charge on any atom is 0.124 e. The summed E-state index contributed by atoms with van der Waals surface area (Å²) in [6, 6.07) is 0. The molecule has 1 fully saturated rings. The van der Waals surface area contributed by atoms with Gasteiger partial charge in [0.1, 0.15) is 11.3 Å². The Balaban J connectivity index is 1.98. The molecule has 5 heteroatoms. The summed E-state index contributed by atoms with van der Waals surface area (Å²) < 4.78 is 0. The molecule has 5 nitrogen and oxygen atoms in total. The fourth-order valence-corrected chi connectivity index (χ4v) is 3.15. The van der Waals surface area contributed by atoms with Gasteiger partial charge in [0.15, 0.2) is 0 Å². The fraction of sp³-hybridized carbons (Fsp3) is 0.857. The van der Waals surface area contributed by atoms with Gasteiger partial charge in [-0.1, -0.05) is 27.7 Å². The van der Waals surface area contributed by atoms with Crippen molar-refractivity contribution < 1.29 is 5.11 Å². The van der Waals surface area contributed by atoms with Gasteiger partial charge in [0.2, 0.25) is 0 Å². The lowest BCUT2D eigenvalue weighted by molar-refractivity contribution is 0.0375. The Morgan fingerprint density at radius 2 is 2.05 bits per heavy atom. The van der Waals surface area contributed by atoms with E-state index in [-0.39, 0.29) is 0 Å².